The largest absolute Gasteiger partial charge is 0.348 e. The van der Waals surface area contributed by atoms with Gasteiger partial charge in [0.1, 0.15) is 12.1 Å². The highest BCUT2D eigenvalue weighted by Crippen LogP contribution is 2.29. The fourth-order valence-electron chi connectivity index (χ4n) is 3.94. The van der Waals surface area contributed by atoms with Crippen LogP contribution in [0.3, 0.4) is 0 Å². The highest BCUT2D eigenvalue weighted by atomic mass is 32.2. The van der Waals surface area contributed by atoms with Gasteiger partial charge in [-0.05, 0) is 41.8 Å². The van der Waals surface area contributed by atoms with E-state index in [1.165, 1.54) is 17.3 Å². The Labute approximate surface area is 201 Å². The first-order valence-corrected chi connectivity index (χ1v) is 12.0. The van der Waals surface area contributed by atoms with Gasteiger partial charge in [-0.1, -0.05) is 36.4 Å². The van der Waals surface area contributed by atoms with Gasteiger partial charge in [0.25, 0.3) is 5.91 Å². The SMILES string of the molecule is O=C(NCc1ccc(-n2ccnc2)nc1)c1ccccc1SCC(=O)N1CCc2ccccc21. The molecule has 0 bridgehead atoms. The van der Waals surface area contributed by atoms with Crippen molar-refractivity contribution in [2.75, 3.05) is 17.2 Å². The average molecular weight is 470 g/mol. The predicted molar refractivity (Wildman–Crippen MR) is 132 cm³/mol. The molecule has 3 heterocycles. The molecule has 0 radical (unpaired) electrons. The molecule has 170 valence electrons. The number of aromatic nitrogens is 3. The van der Waals surface area contributed by atoms with E-state index in [2.05, 4.69) is 21.4 Å². The van der Waals surface area contributed by atoms with Crippen molar-refractivity contribution in [3.8, 4) is 5.82 Å². The van der Waals surface area contributed by atoms with Crippen LogP contribution in [0.1, 0.15) is 21.5 Å². The van der Waals surface area contributed by atoms with Gasteiger partial charge in [0.2, 0.25) is 5.91 Å². The molecule has 5 rings (SSSR count). The van der Waals surface area contributed by atoms with Crippen LogP contribution in [0.5, 0.6) is 0 Å². The van der Waals surface area contributed by atoms with Crippen LogP contribution in [0.25, 0.3) is 5.82 Å². The number of pyridine rings is 1. The molecular formula is C26H23N5O2S. The quantitative estimate of drug-likeness (QED) is 0.416. The number of hydrogen-bond acceptors (Lipinski definition) is 5. The fourth-order valence-corrected chi connectivity index (χ4v) is 4.87. The maximum absolute atomic E-state index is 12.9. The van der Waals surface area contributed by atoms with Gasteiger partial charge < -0.3 is 10.2 Å². The van der Waals surface area contributed by atoms with Crippen molar-refractivity contribution >= 4 is 29.3 Å². The van der Waals surface area contributed by atoms with Gasteiger partial charge in [0, 0.05) is 42.3 Å². The van der Waals surface area contributed by atoms with Crippen LogP contribution in [-0.2, 0) is 17.8 Å². The molecule has 0 unspecified atom stereocenters. The fraction of sp³-hybridized carbons (Fsp3) is 0.154. The summed E-state index contributed by atoms with van der Waals surface area (Å²) in [6.45, 7) is 1.06. The number of anilines is 1. The number of para-hydroxylation sites is 1. The van der Waals surface area contributed by atoms with Crippen LogP contribution in [0.15, 0.2) is 90.5 Å². The van der Waals surface area contributed by atoms with Gasteiger partial charge >= 0.3 is 0 Å². The highest BCUT2D eigenvalue weighted by Gasteiger charge is 2.24. The Bertz CT molecular complexity index is 1310. The van der Waals surface area contributed by atoms with Crippen molar-refractivity contribution < 1.29 is 9.59 Å². The van der Waals surface area contributed by atoms with Gasteiger partial charge in [-0.15, -0.1) is 11.8 Å². The lowest BCUT2D eigenvalue weighted by atomic mass is 10.2. The average Bonchev–Trinajstić information content (AvgIpc) is 3.57. The summed E-state index contributed by atoms with van der Waals surface area (Å²) < 4.78 is 1.82. The van der Waals surface area contributed by atoms with E-state index in [1.807, 2.05) is 64.2 Å². The van der Waals surface area contributed by atoms with Gasteiger partial charge in [-0.2, -0.15) is 0 Å². The maximum atomic E-state index is 12.9. The van der Waals surface area contributed by atoms with Crippen LogP contribution in [-0.4, -0.2) is 38.6 Å². The Kier molecular flexibility index (Phi) is 6.40. The maximum Gasteiger partial charge on any atom is 0.252 e. The molecule has 8 heteroatoms. The van der Waals surface area contributed by atoms with E-state index in [-0.39, 0.29) is 17.6 Å². The number of thioether (sulfide) groups is 1. The minimum atomic E-state index is -0.180. The molecule has 4 aromatic rings. The molecular weight excluding hydrogens is 446 g/mol. The number of hydrogen-bond donors (Lipinski definition) is 1. The molecule has 0 spiro atoms. The number of fused-ring (bicyclic) bond motifs is 1. The number of amides is 2. The summed E-state index contributed by atoms with van der Waals surface area (Å²) in [5.74, 6) is 0.910. The van der Waals surface area contributed by atoms with Crippen molar-refractivity contribution in [1.82, 2.24) is 19.9 Å². The summed E-state index contributed by atoms with van der Waals surface area (Å²) in [4.78, 5) is 36.8. The third-order valence-electron chi connectivity index (χ3n) is 5.70. The van der Waals surface area contributed by atoms with Gasteiger partial charge in [0.05, 0.1) is 11.3 Å². The Hall–Kier alpha value is -3.91. The van der Waals surface area contributed by atoms with E-state index in [0.29, 0.717) is 18.7 Å². The zero-order valence-corrected chi connectivity index (χ0v) is 19.2. The molecule has 7 nitrogen and oxygen atoms in total. The molecule has 0 saturated carbocycles. The van der Waals surface area contributed by atoms with E-state index in [1.54, 1.807) is 24.8 Å². The summed E-state index contributed by atoms with van der Waals surface area (Å²) in [6, 6.07) is 19.2. The number of benzene rings is 2. The van der Waals surface area contributed by atoms with Gasteiger partial charge in [-0.3, -0.25) is 14.2 Å². The third kappa shape index (κ3) is 4.72. The number of nitrogens with one attached hydrogen (secondary N) is 1. The molecule has 0 aliphatic carbocycles. The Balaban J connectivity index is 1.20. The van der Waals surface area contributed by atoms with Gasteiger partial charge in [0.15, 0.2) is 0 Å². The van der Waals surface area contributed by atoms with Crippen molar-refractivity contribution in [2.45, 2.75) is 17.9 Å². The Morgan fingerprint density at radius 2 is 1.88 bits per heavy atom. The molecule has 2 amide bonds. The second kappa shape index (κ2) is 9.93. The van der Waals surface area contributed by atoms with Crippen LogP contribution in [0, 0.1) is 0 Å². The number of carbonyl (C=O) groups excluding carboxylic acids is 2. The number of imidazole rings is 1. The first-order chi connectivity index (χ1) is 16.7. The van der Waals surface area contributed by atoms with Crippen LogP contribution >= 0.6 is 11.8 Å². The lowest BCUT2D eigenvalue weighted by molar-refractivity contribution is -0.116. The second-order valence-corrected chi connectivity index (χ2v) is 8.90. The van der Waals surface area contributed by atoms with E-state index in [4.69, 9.17) is 0 Å². The Morgan fingerprint density at radius 1 is 1.03 bits per heavy atom. The molecule has 2 aromatic carbocycles. The summed E-state index contributed by atoms with van der Waals surface area (Å²) in [5.41, 5.74) is 3.65. The molecule has 0 fully saturated rings. The van der Waals surface area contributed by atoms with Crippen molar-refractivity contribution in [2.24, 2.45) is 0 Å². The first-order valence-electron chi connectivity index (χ1n) is 11.0. The minimum Gasteiger partial charge on any atom is -0.348 e. The normalized spacial score (nSPS) is 12.4. The molecule has 1 aliphatic rings. The van der Waals surface area contributed by atoms with Crippen LogP contribution in [0.4, 0.5) is 5.69 Å². The summed E-state index contributed by atoms with van der Waals surface area (Å²) in [7, 11) is 0. The Morgan fingerprint density at radius 3 is 2.71 bits per heavy atom. The monoisotopic (exact) mass is 469 g/mol. The molecule has 1 aliphatic heterocycles. The summed E-state index contributed by atoms with van der Waals surface area (Å²) in [6.07, 6.45) is 7.83. The third-order valence-corrected chi connectivity index (χ3v) is 6.76. The van der Waals surface area contributed by atoms with Crippen molar-refractivity contribution in [1.29, 1.82) is 0 Å². The molecule has 0 atom stereocenters. The minimum absolute atomic E-state index is 0.0502. The topological polar surface area (TPSA) is 80.1 Å². The summed E-state index contributed by atoms with van der Waals surface area (Å²) in [5, 5.41) is 2.96. The van der Waals surface area contributed by atoms with E-state index in [9.17, 15) is 9.59 Å². The first kappa shape index (κ1) is 21.9. The standard InChI is InChI=1S/C26H23N5O2S/c32-25(31-13-11-20-5-1-3-7-22(20)31)17-34-23-8-4-2-6-21(23)26(33)29-16-19-9-10-24(28-15-19)30-14-12-27-18-30/h1-10,12,14-15,18H,11,13,16-17H2,(H,29,33). The summed E-state index contributed by atoms with van der Waals surface area (Å²) >= 11 is 1.39. The van der Waals surface area contributed by atoms with E-state index < -0.39 is 0 Å². The lowest BCUT2D eigenvalue weighted by Gasteiger charge is -2.17. The second-order valence-electron chi connectivity index (χ2n) is 7.89. The highest BCUT2D eigenvalue weighted by molar-refractivity contribution is 8.00. The smallest absolute Gasteiger partial charge is 0.252 e. The molecule has 1 N–H and O–H groups in total. The predicted octanol–water partition coefficient (Wildman–Crippen LogP) is 3.88. The van der Waals surface area contributed by atoms with Gasteiger partial charge in [-0.25, -0.2) is 9.97 Å². The van der Waals surface area contributed by atoms with Crippen LogP contribution in [0.2, 0.25) is 0 Å². The number of carbonyl (C=O) groups is 2. The molecule has 34 heavy (non-hydrogen) atoms. The lowest BCUT2D eigenvalue weighted by Crippen LogP contribution is -2.30. The zero-order valence-electron chi connectivity index (χ0n) is 18.4. The molecule has 0 saturated heterocycles. The zero-order chi connectivity index (χ0) is 23.3. The van der Waals surface area contributed by atoms with E-state index in [0.717, 1.165) is 28.4 Å². The van der Waals surface area contributed by atoms with Crippen LogP contribution < -0.4 is 10.2 Å². The van der Waals surface area contributed by atoms with E-state index >= 15 is 0 Å². The number of nitrogens with zero attached hydrogens (tertiary/aromatic N) is 4. The molecule has 2 aromatic heterocycles. The van der Waals surface area contributed by atoms with Crippen molar-refractivity contribution in [3.05, 3.63) is 102 Å². The number of rotatable bonds is 7. The van der Waals surface area contributed by atoms with Crippen molar-refractivity contribution in [3.63, 3.8) is 0 Å².